The van der Waals surface area contributed by atoms with E-state index in [4.69, 9.17) is 9.47 Å². The van der Waals surface area contributed by atoms with E-state index in [9.17, 15) is 4.39 Å². The number of morpholine rings is 1. The van der Waals surface area contributed by atoms with Crippen LogP contribution in [0.15, 0.2) is 30.9 Å². The molecule has 3 aromatic rings. The summed E-state index contributed by atoms with van der Waals surface area (Å²) in [6.07, 6.45) is 9.39. The van der Waals surface area contributed by atoms with E-state index in [0.717, 1.165) is 74.5 Å². The van der Waals surface area contributed by atoms with Gasteiger partial charge in [-0.3, -0.25) is 4.98 Å². The summed E-state index contributed by atoms with van der Waals surface area (Å²) < 4.78 is 26.8. The van der Waals surface area contributed by atoms with E-state index in [0.29, 0.717) is 23.9 Å². The van der Waals surface area contributed by atoms with Crippen molar-refractivity contribution in [3.8, 4) is 5.75 Å². The molecule has 2 fully saturated rings. The van der Waals surface area contributed by atoms with Crippen molar-refractivity contribution in [1.29, 1.82) is 0 Å². The molecule has 0 bridgehead atoms. The van der Waals surface area contributed by atoms with Gasteiger partial charge in [-0.05, 0) is 44.1 Å². The van der Waals surface area contributed by atoms with Gasteiger partial charge in [-0.25, -0.2) is 19.3 Å². The van der Waals surface area contributed by atoms with Gasteiger partial charge in [0.2, 0.25) is 0 Å². The van der Waals surface area contributed by atoms with Gasteiger partial charge >= 0.3 is 0 Å². The van der Waals surface area contributed by atoms with E-state index in [1.165, 1.54) is 6.33 Å². The van der Waals surface area contributed by atoms with E-state index < -0.39 is 0 Å². The van der Waals surface area contributed by atoms with Crippen molar-refractivity contribution in [3.05, 3.63) is 42.4 Å². The molecule has 1 aliphatic heterocycles. The quantitative estimate of drug-likeness (QED) is 0.545. The third-order valence-electron chi connectivity index (χ3n) is 6.74. The number of anilines is 2. The summed E-state index contributed by atoms with van der Waals surface area (Å²) in [5.74, 6) is 1.20. The Morgan fingerprint density at radius 3 is 2.56 bits per heavy atom. The molecule has 3 heterocycles. The molecule has 0 spiro atoms. The van der Waals surface area contributed by atoms with Crippen molar-refractivity contribution < 1.29 is 13.9 Å². The molecule has 9 heteroatoms. The predicted octanol–water partition coefficient (Wildman–Crippen LogP) is 3.64. The average molecular weight is 467 g/mol. The van der Waals surface area contributed by atoms with Crippen molar-refractivity contribution in [2.24, 2.45) is 5.92 Å². The lowest BCUT2D eigenvalue weighted by Crippen LogP contribution is -2.36. The zero-order chi connectivity index (χ0) is 23.5. The van der Waals surface area contributed by atoms with Crippen molar-refractivity contribution in [3.63, 3.8) is 0 Å². The molecule has 1 saturated carbocycles. The number of benzene rings is 1. The number of rotatable bonds is 6. The molecule has 1 aliphatic carbocycles. The molecular formula is C25H31FN6O2. The third kappa shape index (κ3) is 4.89. The van der Waals surface area contributed by atoms with Crippen LogP contribution in [-0.2, 0) is 11.2 Å². The summed E-state index contributed by atoms with van der Waals surface area (Å²) in [6, 6.07) is 4.17. The Morgan fingerprint density at radius 2 is 1.79 bits per heavy atom. The fourth-order valence-electron chi connectivity index (χ4n) is 4.88. The summed E-state index contributed by atoms with van der Waals surface area (Å²) in [6.45, 7) is 3.15. The van der Waals surface area contributed by atoms with Crippen LogP contribution in [0.2, 0.25) is 0 Å². The van der Waals surface area contributed by atoms with Crippen molar-refractivity contribution in [1.82, 2.24) is 19.9 Å². The Bertz CT molecular complexity index is 1130. The molecule has 2 aliphatic rings. The Morgan fingerprint density at radius 1 is 1.03 bits per heavy atom. The van der Waals surface area contributed by atoms with Crippen molar-refractivity contribution in [2.75, 3.05) is 50.2 Å². The first kappa shape index (κ1) is 22.7. The predicted molar refractivity (Wildman–Crippen MR) is 129 cm³/mol. The van der Waals surface area contributed by atoms with Crippen molar-refractivity contribution >= 4 is 22.5 Å². The lowest BCUT2D eigenvalue weighted by Gasteiger charge is -2.31. The molecule has 180 valence electrons. The van der Waals surface area contributed by atoms with Crippen LogP contribution in [0.5, 0.6) is 5.75 Å². The highest BCUT2D eigenvalue weighted by molar-refractivity contribution is 5.85. The second-order valence-electron chi connectivity index (χ2n) is 9.28. The summed E-state index contributed by atoms with van der Waals surface area (Å²) in [4.78, 5) is 21.3. The highest BCUT2D eigenvalue weighted by Gasteiger charge is 2.26. The van der Waals surface area contributed by atoms with E-state index in [2.05, 4.69) is 37.0 Å². The van der Waals surface area contributed by atoms with E-state index in [1.807, 2.05) is 0 Å². The molecule has 0 unspecified atom stereocenters. The van der Waals surface area contributed by atoms with Gasteiger partial charge in [-0.15, -0.1) is 0 Å². The summed E-state index contributed by atoms with van der Waals surface area (Å²) in [5, 5.41) is 0. The van der Waals surface area contributed by atoms with Crippen LogP contribution in [0.1, 0.15) is 31.4 Å². The first-order valence-electron chi connectivity index (χ1n) is 12.0. The largest absolute Gasteiger partial charge is 0.488 e. The topological polar surface area (TPSA) is 76.5 Å². The Kier molecular flexibility index (Phi) is 6.71. The summed E-state index contributed by atoms with van der Waals surface area (Å²) in [7, 11) is 3.58. The Hall–Kier alpha value is -3.07. The van der Waals surface area contributed by atoms with Crippen LogP contribution in [0.3, 0.4) is 0 Å². The lowest BCUT2D eigenvalue weighted by atomic mass is 9.84. The summed E-state index contributed by atoms with van der Waals surface area (Å²) >= 11 is 0. The third-order valence-corrected chi connectivity index (χ3v) is 6.74. The number of hydrogen-bond acceptors (Lipinski definition) is 8. The molecule has 0 radical (unpaired) electrons. The van der Waals surface area contributed by atoms with Crippen LogP contribution in [0.25, 0.3) is 11.0 Å². The smallest absolute Gasteiger partial charge is 0.187 e. The zero-order valence-corrected chi connectivity index (χ0v) is 19.8. The highest BCUT2D eigenvalue weighted by atomic mass is 19.1. The molecule has 1 saturated heterocycles. The number of aromatic nitrogens is 4. The zero-order valence-electron chi connectivity index (χ0n) is 19.8. The van der Waals surface area contributed by atoms with Crippen LogP contribution in [0.4, 0.5) is 15.9 Å². The maximum Gasteiger partial charge on any atom is 0.187 e. The van der Waals surface area contributed by atoms with Crippen molar-refractivity contribution in [2.45, 2.75) is 38.2 Å². The number of hydrogen-bond donors (Lipinski definition) is 0. The van der Waals surface area contributed by atoms with Crippen LogP contribution >= 0.6 is 0 Å². The van der Waals surface area contributed by atoms with Gasteiger partial charge in [-0.1, -0.05) is 0 Å². The van der Waals surface area contributed by atoms with Gasteiger partial charge in [0.1, 0.15) is 17.6 Å². The first-order valence-corrected chi connectivity index (χ1v) is 12.0. The van der Waals surface area contributed by atoms with Gasteiger partial charge in [-0.2, -0.15) is 0 Å². The van der Waals surface area contributed by atoms with E-state index in [1.54, 1.807) is 31.4 Å². The second kappa shape index (κ2) is 10.0. The average Bonchev–Trinajstić information content (AvgIpc) is 2.87. The fourth-order valence-corrected chi connectivity index (χ4v) is 4.88. The molecule has 5 rings (SSSR count). The molecule has 0 N–H and O–H groups in total. The molecule has 34 heavy (non-hydrogen) atoms. The monoisotopic (exact) mass is 466 g/mol. The number of nitrogens with zero attached hydrogens (tertiary/aromatic N) is 6. The van der Waals surface area contributed by atoms with Crippen LogP contribution in [0, 0.1) is 11.7 Å². The molecule has 0 atom stereocenters. The van der Waals surface area contributed by atoms with Gasteiger partial charge in [0, 0.05) is 51.3 Å². The lowest BCUT2D eigenvalue weighted by molar-refractivity contribution is 0.122. The van der Waals surface area contributed by atoms with Gasteiger partial charge in [0.25, 0.3) is 0 Å². The SMILES string of the molecule is CN(C)c1ncnc(CC2CCC(Oc3cc(N4CCOCC4)cc4nccnc34)CC2)c1F. The normalized spacial score (nSPS) is 21.0. The Labute approximate surface area is 199 Å². The number of ether oxygens (including phenoxy) is 2. The van der Waals surface area contributed by atoms with E-state index in [-0.39, 0.29) is 11.9 Å². The molecular weight excluding hydrogens is 435 g/mol. The maximum absolute atomic E-state index is 14.8. The van der Waals surface area contributed by atoms with Crippen LogP contribution < -0.4 is 14.5 Å². The highest BCUT2D eigenvalue weighted by Crippen LogP contribution is 2.35. The first-order chi connectivity index (χ1) is 16.6. The minimum Gasteiger partial charge on any atom is -0.488 e. The molecule has 0 amide bonds. The molecule has 8 nitrogen and oxygen atoms in total. The minimum absolute atomic E-state index is 0.106. The minimum atomic E-state index is -0.309. The van der Waals surface area contributed by atoms with Crippen LogP contribution in [-0.4, -0.2) is 66.4 Å². The second-order valence-corrected chi connectivity index (χ2v) is 9.28. The number of fused-ring (bicyclic) bond motifs is 1. The summed E-state index contributed by atoms with van der Waals surface area (Å²) in [5.41, 5.74) is 3.23. The van der Waals surface area contributed by atoms with Gasteiger partial charge in [0.15, 0.2) is 11.6 Å². The molecule has 1 aromatic carbocycles. The van der Waals surface area contributed by atoms with E-state index >= 15 is 0 Å². The maximum atomic E-state index is 14.8. The Balaban J connectivity index is 1.27. The molecule has 2 aromatic heterocycles. The van der Waals surface area contributed by atoms with Gasteiger partial charge in [0.05, 0.1) is 30.5 Å². The fraction of sp³-hybridized carbons (Fsp3) is 0.520. The van der Waals surface area contributed by atoms with Gasteiger partial charge < -0.3 is 19.3 Å². The standard InChI is InChI=1S/C25H31FN6O2/c1-31(2)25-23(26)20(29-16-30-25)13-17-3-5-19(6-4-17)34-22-15-18(32-9-11-33-12-10-32)14-21-24(22)28-8-7-27-21/h7-8,14-17,19H,3-6,9-13H2,1-2H3. The number of halogens is 1.